The summed E-state index contributed by atoms with van der Waals surface area (Å²) in [5, 5.41) is 31.5. The Balaban J connectivity index is 2.86. The van der Waals surface area contributed by atoms with Gasteiger partial charge in [-0.15, -0.1) is 0 Å². The lowest BCUT2D eigenvalue weighted by atomic mass is 9.96. The van der Waals surface area contributed by atoms with Crippen molar-refractivity contribution in [2.75, 3.05) is 13.6 Å². The van der Waals surface area contributed by atoms with Crippen molar-refractivity contribution in [3.05, 3.63) is 34.9 Å². The standard InChI is InChI=1S/C13H19NO4/c1-8-7-9(13(17)18)3-4-10(8)12(16)11(15)5-6-14-2/h3-4,7,11-12,14-16H,5-6H2,1-2H3,(H,17,18). The van der Waals surface area contributed by atoms with Crippen LogP contribution in [0.25, 0.3) is 0 Å². The number of hydrogen-bond donors (Lipinski definition) is 4. The van der Waals surface area contributed by atoms with Crippen LogP contribution >= 0.6 is 0 Å². The molecule has 100 valence electrons. The first-order valence-electron chi connectivity index (χ1n) is 5.82. The maximum atomic E-state index is 10.8. The molecule has 0 radical (unpaired) electrons. The molecular weight excluding hydrogens is 234 g/mol. The molecule has 0 aliphatic rings. The Morgan fingerprint density at radius 1 is 1.39 bits per heavy atom. The molecule has 1 aromatic carbocycles. The average Bonchev–Trinajstić information content (AvgIpc) is 2.34. The summed E-state index contributed by atoms with van der Waals surface area (Å²) in [7, 11) is 1.77. The Hall–Kier alpha value is -1.43. The molecular formula is C13H19NO4. The molecule has 0 heterocycles. The highest BCUT2D eigenvalue weighted by Crippen LogP contribution is 2.23. The highest BCUT2D eigenvalue weighted by molar-refractivity contribution is 5.87. The first kappa shape index (κ1) is 14.6. The van der Waals surface area contributed by atoms with E-state index >= 15 is 0 Å². The molecule has 18 heavy (non-hydrogen) atoms. The Kier molecular flexibility index (Phi) is 5.27. The highest BCUT2D eigenvalue weighted by atomic mass is 16.4. The molecule has 0 aliphatic carbocycles. The van der Waals surface area contributed by atoms with Crippen molar-refractivity contribution >= 4 is 5.97 Å². The number of benzene rings is 1. The first-order valence-corrected chi connectivity index (χ1v) is 5.82. The molecule has 0 aliphatic heterocycles. The fraction of sp³-hybridized carbons (Fsp3) is 0.462. The molecule has 0 bridgehead atoms. The number of aliphatic hydroxyl groups excluding tert-OH is 2. The van der Waals surface area contributed by atoms with E-state index in [4.69, 9.17) is 5.11 Å². The van der Waals surface area contributed by atoms with Crippen LogP contribution in [0, 0.1) is 6.92 Å². The molecule has 5 nitrogen and oxygen atoms in total. The van der Waals surface area contributed by atoms with Crippen molar-refractivity contribution < 1.29 is 20.1 Å². The van der Waals surface area contributed by atoms with E-state index in [2.05, 4.69) is 5.32 Å². The van der Waals surface area contributed by atoms with Gasteiger partial charge in [0.25, 0.3) is 0 Å². The summed E-state index contributed by atoms with van der Waals surface area (Å²) in [6.45, 7) is 2.32. The lowest BCUT2D eigenvalue weighted by Gasteiger charge is -2.20. The van der Waals surface area contributed by atoms with Gasteiger partial charge in [0, 0.05) is 0 Å². The molecule has 0 spiro atoms. The summed E-state index contributed by atoms with van der Waals surface area (Å²) in [6, 6.07) is 4.47. The van der Waals surface area contributed by atoms with Crippen LogP contribution in [0.1, 0.15) is 34.0 Å². The van der Waals surface area contributed by atoms with Crippen LogP contribution in [-0.4, -0.2) is 41.0 Å². The van der Waals surface area contributed by atoms with Gasteiger partial charge in [-0.25, -0.2) is 4.79 Å². The van der Waals surface area contributed by atoms with Gasteiger partial charge in [-0.05, 0) is 50.2 Å². The zero-order valence-electron chi connectivity index (χ0n) is 10.6. The number of aryl methyl sites for hydroxylation is 1. The molecule has 1 aromatic rings. The SMILES string of the molecule is CNCCC(O)C(O)c1ccc(C(=O)O)cc1C. The van der Waals surface area contributed by atoms with Gasteiger partial charge in [-0.2, -0.15) is 0 Å². The Labute approximate surface area is 106 Å². The Bertz CT molecular complexity index is 419. The maximum absolute atomic E-state index is 10.8. The second kappa shape index (κ2) is 6.49. The lowest BCUT2D eigenvalue weighted by Crippen LogP contribution is -2.24. The van der Waals surface area contributed by atoms with Crippen molar-refractivity contribution in [1.29, 1.82) is 0 Å². The number of aliphatic hydroxyl groups is 2. The van der Waals surface area contributed by atoms with Crippen LogP contribution in [0.4, 0.5) is 0 Å². The fourth-order valence-corrected chi connectivity index (χ4v) is 1.80. The van der Waals surface area contributed by atoms with Crippen LogP contribution in [-0.2, 0) is 0 Å². The Morgan fingerprint density at radius 3 is 2.56 bits per heavy atom. The number of hydrogen-bond acceptors (Lipinski definition) is 4. The number of rotatable bonds is 6. The summed E-state index contributed by atoms with van der Waals surface area (Å²) >= 11 is 0. The van der Waals surface area contributed by atoms with Crippen molar-refractivity contribution in [3.63, 3.8) is 0 Å². The Morgan fingerprint density at radius 2 is 2.06 bits per heavy atom. The third-order valence-corrected chi connectivity index (χ3v) is 2.89. The van der Waals surface area contributed by atoms with Crippen LogP contribution in [0.3, 0.4) is 0 Å². The topological polar surface area (TPSA) is 89.8 Å². The molecule has 0 saturated carbocycles. The van der Waals surface area contributed by atoms with E-state index in [1.54, 1.807) is 20.0 Å². The third-order valence-electron chi connectivity index (χ3n) is 2.89. The summed E-state index contributed by atoms with van der Waals surface area (Å²) in [4.78, 5) is 10.8. The van der Waals surface area contributed by atoms with Crippen molar-refractivity contribution in [2.24, 2.45) is 0 Å². The zero-order chi connectivity index (χ0) is 13.7. The highest BCUT2D eigenvalue weighted by Gasteiger charge is 2.20. The largest absolute Gasteiger partial charge is 0.478 e. The predicted molar refractivity (Wildman–Crippen MR) is 67.6 cm³/mol. The monoisotopic (exact) mass is 253 g/mol. The van der Waals surface area contributed by atoms with Gasteiger partial charge in [-0.1, -0.05) is 6.07 Å². The zero-order valence-corrected chi connectivity index (χ0v) is 10.6. The van der Waals surface area contributed by atoms with Gasteiger partial charge in [0.1, 0.15) is 6.10 Å². The molecule has 0 aromatic heterocycles. The molecule has 2 unspecified atom stereocenters. The van der Waals surface area contributed by atoms with Gasteiger partial charge in [0.05, 0.1) is 11.7 Å². The smallest absolute Gasteiger partial charge is 0.335 e. The quantitative estimate of drug-likeness (QED) is 0.599. The molecule has 2 atom stereocenters. The van der Waals surface area contributed by atoms with E-state index in [-0.39, 0.29) is 5.56 Å². The third kappa shape index (κ3) is 3.53. The summed E-state index contributed by atoms with van der Waals surface area (Å²) in [5.41, 5.74) is 1.39. The molecule has 0 fully saturated rings. The van der Waals surface area contributed by atoms with Crippen molar-refractivity contribution in [1.82, 2.24) is 5.32 Å². The number of aromatic carboxylic acids is 1. The van der Waals surface area contributed by atoms with Gasteiger partial charge in [0.15, 0.2) is 0 Å². The molecule has 0 amide bonds. The second-order valence-corrected chi connectivity index (χ2v) is 4.28. The molecule has 0 saturated heterocycles. The summed E-state index contributed by atoms with van der Waals surface area (Å²) < 4.78 is 0. The number of carboxylic acids is 1. The predicted octanol–water partition coefficient (Wildman–Crippen LogP) is 0.697. The molecule has 1 rings (SSSR count). The van der Waals surface area contributed by atoms with E-state index in [0.29, 0.717) is 24.1 Å². The molecule has 5 heteroatoms. The van der Waals surface area contributed by atoms with E-state index in [1.165, 1.54) is 12.1 Å². The van der Waals surface area contributed by atoms with E-state index in [0.717, 1.165) is 0 Å². The summed E-state index contributed by atoms with van der Waals surface area (Å²) in [6.07, 6.45) is -1.44. The van der Waals surface area contributed by atoms with Gasteiger partial charge < -0.3 is 20.6 Å². The minimum Gasteiger partial charge on any atom is -0.478 e. The minimum absolute atomic E-state index is 0.174. The van der Waals surface area contributed by atoms with E-state index in [9.17, 15) is 15.0 Å². The van der Waals surface area contributed by atoms with Crippen molar-refractivity contribution in [3.8, 4) is 0 Å². The first-order chi connectivity index (χ1) is 8.47. The van der Waals surface area contributed by atoms with Gasteiger partial charge >= 0.3 is 5.97 Å². The second-order valence-electron chi connectivity index (χ2n) is 4.28. The van der Waals surface area contributed by atoms with E-state index < -0.39 is 18.2 Å². The maximum Gasteiger partial charge on any atom is 0.335 e. The fourth-order valence-electron chi connectivity index (χ4n) is 1.80. The average molecular weight is 253 g/mol. The van der Waals surface area contributed by atoms with Gasteiger partial charge in [-0.3, -0.25) is 0 Å². The summed E-state index contributed by atoms with van der Waals surface area (Å²) in [5.74, 6) is -1.00. The minimum atomic E-state index is -1.00. The van der Waals surface area contributed by atoms with Gasteiger partial charge in [0.2, 0.25) is 0 Å². The number of carbonyl (C=O) groups is 1. The van der Waals surface area contributed by atoms with Crippen LogP contribution in [0.2, 0.25) is 0 Å². The van der Waals surface area contributed by atoms with E-state index in [1.807, 2.05) is 0 Å². The van der Waals surface area contributed by atoms with Crippen LogP contribution < -0.4 is 5.32 Å². The lowest BCUT2D eigenvalue weighted by molar-refractivity contribution is 0.0136. The molecule has 4 N–H and O–H groups in total. The van der Waals surface area contributed by atoms with Crippen molar-refractivity contribution in [2.45, 2.75) is 25.6 Å². The van der Waals surface area contributed by atoms with Crippen LogP contribution in [0.15, 0.2) is 18.2 Å². The number of carboxylic acid groups (broad SMARTS) is 1. The normalized spacial score (nSPS) is 14.2. The number of nitrogens with one attached hydrogen (secondary N) is 1. The van der Waals surface area contributed by atoms with Crippen LogP contribution in [0.5, 0.6) is 0 Å².